The SMILES string of the molecule is CCCCCCn1cnc(=O)c2ncn(S)c21. The Hall–Kier alpha value is -1.30. The highest BCUT2D eigenvalue weighted by Gasteiger charge is 2.08. The Morgan fingerprint density at radius 3 is 2.82 bits per heavy atom. The number of hydrogen-bond donors (Lipinski definition) is 1. The minimum atomic E-state index is -0.294. The molecule has 0 N–H and O–H groups in total. The Bertz CT molecular complexity index is 560. The molecule has 0 fully saturated rings. The van der Waals surface area contributed by atoms with Crippen LogP contribution in [0.3, 0.4) is 0 Å². The highest BCUT2D eigenvalue weighted by molar-refractivity contribution is 7.78. The highest BCUT2D eigenvalue weighted by atomic mass is 32.1. The van der Waals surface area contributed by atoms with E-state index in [1.54, 1.807) is 10.3 Å². The van der Waals surface area contributed by atoms with Gasteiger partial charge in [-0.1, -0.05) is 39.0 Å². The third-order valence-corrected chi connectivity index (χ3v) is 3.06. The van der Waals surface area contributed by atoms with E-state index >= 15 is 0 Å². The minimum Gasteiger partial charge on any atom is -0.316 e. The van der Waals surface area contributed by atoms with Gasteiger partial charge in [0.15, 0.2) is 11.2 Å². The normalized spacial score (nSPS) is 11.2. The molecule has 0 aliphatic carbocycles. The minimum absolute atomic E-state index is 0.294. The fourth-order valence-electron chi connectivity index (χ4n) is 1.86. The fourth-order valence-corrected chi connectivity index (χ4v) is 2.12. The van der Waals surface area contributed by atoms with Gasteiger partial charge in [-0.05, 0) is 6.42 Å². The van der Waals surface area contributed by atoms with Gasteiger partial charge in [0, 0.05) is 6.54 Å². The van der Waals surface area contributed by atoms with Crippen molar-refractivity contribution in [3.63, 3.8) is 0 Å². The van der Waals surface area contributed by atoms with Crippen molar-refractivity contribution in [1.82, 2.24) is 18.5 Å². The third kappa shape index (κ3) is 2.52. The van der Waals surface area contributed by atoms with Gasteiger partial charge in [-0.25, -0.2) is 4.98 Å². The van der Waals surface area contributed by atoms with Gasteiger partial charge in [-0.15, -0.1) is 0 Å². The Labute approximate surface area is 105 Å². The van der Waals surface area contributed by atoms with Gasteiger partial charge in [0.1, 0.15) is 12.7 Å². The molecule has 2 aromatic rings. The zero-order valence-electron chi connectivity index (χ0n) is 9.83. The molecule has 0 saturated heterocycles. The number of aryl methyl sites for hydroxylation is 1. The fraction of sp³-hybridized carbons (Fsp3) is 0.545. The standard InChI is InChI=1S/C11H16N4OS/c1-2-3-4-5-6-14-7-13-10(16)9-11(14)15(17)8-12-9/h7-8,17H,2-6H2,1H3. The second kappa shape index (κ2) is 5.35. The number of rotatable bonds is 5. The largest absolute Gasteiger partial charge is 0.316 e. The average molecular weight is 252 g/mol. The molecule has 2 rings (SSSR count). The van der Waals surface area contributed by atoms with E-state index in [4.69, 9.17) is 0 Å². The quantitative estimate of drug-likeness (QED) is 0.653. The lowest BCUT2D eigenvalue weighted by Gasteiger charge is -2.07. The van der Waals surface area contributed by atoms with Crippen LogP contribution < -0.4 is 5.56 Å². The molecule has 92 valence electrons. The van der Waals surface area contributed by atoms with Crippen molar-refractivity contribution in [2.24, 2.45) is 0 Å². The molecule has 0 atom stereocenters. The van der Waals surface area contributed by atoms with Gasteiger partial charge in [-0.2, -0.15) is 4.98 Å². The van der Waals surface area contributed by atoms with Crippen molar-refractivity contribution in [2.75, 3.05) is 0 Å². The van der Waals surface area contributed by atoms with E-state index in [1.165, 1.54) is 25.6 Å². The summed E-state index contributed by atoms with van der Waals surface area (Å²) < 4.78 is 3.50. The molecule has 0 saturated carbocycles. The molecular formula is C11H16N4OS. The predicted molar refractivity (Wildman–Crippen MR) is 70.3 cm³/mol. The topological polar surface area (TPSA) is 52.7 Å². The maximum atomic E-state index is 11.5. The lowest BCUT2D eigenvalue weighted by Crippen LogP contribution is -2.13. The number of unbranched alkanes of at least 4 members (excludes halogenated alkanes) is 3. The first-order valence-electron chi connectivity index (χ1n) is 5.85. The Kier molecular flexibility index (Phi) is 3.83. The number of fused-ring (bicyclic) bond motifs is 1. The van der Waals surface area contributed by atoms with Crippen LogP contribution in [0.25, 0.3) is 11.2 Å². The summed E-state index contributed by atoms with van der Waals surface area (Å²) in [6.45, 7) is 3.03. The molecule has 0 aliphatic rings. The molecule has 5 nitrogen and oxygen atoms in total. The first-order valence-corrected chi connectivity index (χ1v) is 6.25. The monoisotopic (exact) mass is 252 g/mol. The second-order valence-corrected chi connectivity index (χ2v) is 4.50. The van der Waals surface area contributed by atoms with Gasteiger partial charge in [0.05, 0.1) is 0 Å². The molecule has 0 bridgehead atoms. The molecule has 0 amide bonds. The zero-order valence-corrected chi connectivity index (χ0v) is 10.7. The summed E-state index contributed by atoms with van der Waals surface area (Å²) in [6.07, 6.45) is 7.81. The van der Waals surface area contributed by atoms with Crippen molar-refractivity contribution >= 4 is 24.0 Å². The van der Waals surface area contributed by atoms with Crippen LogP contribution in [0.1, 0.15) is 32.6 Å². The smallest absolute Gasteiger partial charge is 0.300 e. The average Bonchev–Trinajstić information content (AvgIpc) is 2.71. The molecule has 2 heterocycles. The summed E-state index contributed by atoms with van der Waals surface area (Å²) in [5.41, 5.74) is 0.820. The summed E-state index contributed by atoms with van der Waals surface area (Å²) in [6, 6.07) is 0. The third-order valence-electron chi connectivity index (χ3n) is 2.77. The second-order valence-electron chi connectivity index (χ2n) is 4.07. The van der Waals surface area contributed by atoms with E-state index in [0.717, 1.165) is 18.6 Å². The van der Waals surface area contributed by atoms with Gasteiger partial charge >= 0.3 is 5.56 Å². The van der Waals surface area contributed by atoms with E-state index in [0.29, 0.717) is 5.52 Å². The van der Waals surface area contributed by atoms with Gasteiger partial charge in [-0.3, -0.25) is 8.77 Å². The van der Waals surface area contributed by atoms with Crippen molar-refractivity contribution in [2.45, 2.75) is 39.2 Å². The molecule has 6 heteroatoms. The molecule has 17 heavy (non-hydrogen) atoms. The molecule has 0 aliphatic heterocycles. The van der Waals surface area contributed by atoms with E-state index in [-0.39, 0.29) is 5.56 Å². The Morgan fingerprint density at radius 1 is 1.24 bits per heavy atom. The van der Waals surface area contributed by atoms with Crippen LogP contribution in [0.15, 0.2) is 17.4 Å². The lowest BCUT2D eigenvalue weighted by molar-refractivity contribution is 0.583. The molecule has 0 spiro atoms. The number of imidazole rings is 1. The molecule has 0 radical (unpaired) electrons. The van der Waals surface area contributed by atoms with Gasteiger partial charge in [0.2, 0.25) is 0 Å². The Morgan fingerprint density at radius 2 is 2.06 bits per heavy atom. The van der Waals surface area contributed by atoms with Crippen LogP contribution in [0, 0.1) is 0 Å². The van der Waals surface area contributed by atoms with Crippen LogP contribution in [0.5, 0.6) is 0 Å². The van der Waals surface area contributed by atoms with Crippen LogP contribution in [-0.2, 0) is 6.54 Å². The highest BCUT2D eigenvalue weighted by Crippen LogP contribution is 2.11. The van der Waals surface area contributed by atoms with E-state index in [1.807, 2.05) is 4.57 Å². The predicted octanol–water partition coefficient (Wildman–Crippen LogP) is 1.87. The Balaban J connectivity index is 2.25. The van der Waals surface area contributed by atoms with Crippen LogP contribution in [0.4, 0.5) is 0 Å². The van der Waals surface area contributed by atoms with Crippen molar-refractivity contribution in [3.8, 4) is 0 Å². The van der Waals surface area contributed by atoms with Crippen LogP contribution >= 0.6 is 12.8 Å². The number of nitrogens with zero attached hydrogens (tertiary/aromatic N) is 4. The molecular weight excluding hydrogens is 236 g/mol. The van der Waals surface area contributed by atoms with E-state index in [9.17, 15) is 4.79 Å². The van der Waals surface area contributed by atoms with Crippen molar-refractivity contribution in [3.05, 3.63) is 23.0 Å². The van der Waals surface area contributed by atoms with Gasteiger partial charge < -0.3 is 4.57 Å². The number of thiol groups is 1. The van der Waals surface area contributed by atoms with E-state index in [2.05, 4.69) is 29.7 Å². The summed E-state index contributed by atoms with van der Waals surface area (Å²) in [7, 11) is 0. The first-order chi connectivity index (χ1) is 8.24. The first kappa shape index (κ1) is 12.2. The van der Waals surface area contributed by atoms with Crippen molar-refractivity contribution in [1.29, 1.82) is 0 Å². The lowest BCUT2D eigenvalue weighted by atomic mass is 10.2. The molecule has 2 aromatic heterocycles. The molecule has 0 aromatic carbocycles. The zero-order chi connectivity index (χ0) is 12.3. The maximum absolute atomic E-state index is 11.5. The number of hydrogen-bond acceptors (Lipinski definition) is 4. The van der Waals surface area contributed by atoms with Gasteiger partial charge in [0.25, 0.3) is 0 Å². The van der Waals surface area contributed by atoms with Crippen LogP contribution in [-0.4, -0.2) is 18.5 Å². The van der Waals surface area contributed by atoms with E-state index < -0.39 is 0 Å². The van der Waals surface area contributed by atoms with Crippen LogP contribution in [0.2, 0.25) is 0 Å². The summed E-state index contributed by atoms with van der Waals surface area (Å²) in [5, 5.41) is 0. The molecule has 0 unspecified atom stereocenters. The van der Waals surface area contributed by atoms with Crippen molar-refractivity contribution < 1.29 is 0 Å². The number of aromatic nitrogens is 4. The maximum Gasteiger partial charge on any atom is 0.300 e. The summed E-state index contributed by atoms with van der Waals surface area (Å²) in [4.78, 5) is 19.3. The summed E-state index contributed by atoms with van der Waals surface area (Å²) >= 11 is 4.25. The summed E-state index contributed by atoms with van der Waals surface area (Å²) in [5.74, 6) is 0.